The number of aliphatic imine (C=N–C) groups is 1. The molecule has 0 bridgehead atoms. The van der Waals surface area contributed by atoms with Gasteiger partial charge in [-0.15, -0.1) is 0 Å². The Morgan fingerprint density at radius 1 is 1.75 bits per heavy atom. The molecule has 0 saturated heterocycles. The largest absolute Gasteiger partial charge is 0.325 e. The molecule has 0 aromatic rings. The van der Waals surface area contributed by atoms with E-state index in [4.69, 9.17) is 5.73 Å². The van der Waals surface area contributed by atoms with Gasteiger partial charge in [-0.25, -0.2) is 0 Å². The van der Waals surface area contributed by atoms with Crippen molar-refractivity contribution in [3.63, 3.8) is 0 Å². The molecule has 0 aliphatic heterocycles. The summed E-state index contributed by atoms with van der Waals surface area (Å²) in [6, 6.07) is 0. The first kappa shape index (κ1) is 7.37. The Hall–Kier alpha value is -0.630. The van der Waals surface area contributed by atoms with Crippen molar-refractivity contribution in [2.24, 2.45) is 10.7 Å². The van der Waals surface area contributed by atoms with Crippen LogP contribution in [0.25, 0.3) is 0 Å². The minimum absolute atomic E-state index is 0.546. The van der Waals surface area contributed by atoms with Crippen molar-refractivity contribution >= 4 is 5.71 Å². The Kier molecular flexibility index (Phi) is 4.17. The number of nitrogens with zero attached hydrogens (tertiary/aromatic N) is 1. The van der Waals surface area contributed by atoms with Gasteiger partial charge in [-0.05, 0) is 13.8 Å². The van der Waals surface area contributed by atoms with E-state index >= 15 is 0 Å². The third-order valence-electron chi connectivity index (χ3n) is 0.739. The average Bonchev–Trinajstić information content (AvgIpc) is 1.83. The van der Waals surface area contributed by atoms with Crippen LogP contribution in [0.5, 0.6) is 0 Å². The Morgan fingerprint density at radius 3 is 2.75 bits per heavy atom. The summed E-state index contributed by atoms with van der Waals surface area (Å²) in [6.07, 6.45) is 3.61. The molecular formula is C6H12N2. The third kappa shape index (κ3) is 3.56. The van der Waals surface area contributed by atoms with Crippen molar-refractivity contribution in [3.8, 4) is 0 Å². The Bertz CT molecular complexity index is 103. The number of hydrogen-bond acceptors (Lipinski definition) is 2. The van der Waals surface area contributed by atoms with Crippen LogP contribution in [0.2, 0.25) is 0 Å². The zero-order chi connectivity index (χ0) is 6.41. The van der Waals surface area contributed by atoms with E-state index in [1.807, 2.05) is 19.9 Å². The van der Waals surface area contributed by atoms with E-state index in [1.54, 1.807) is 6.20 Å². The van der Waals surface area contributed by atoms with Gasteiger partial charge in [-0.1, -0.05) is 6.08 Å². The van der Waals surface area contributed by atoms with Crippen molar-refractivity contribution in [3.05, 3.63) is 12.3 Å². The Morgan fingerprint density at radius 2 is 2.38 bits per heavy atom. The lowest BCUT2D eigenvalue weighted by molar-refractivity contribution is 1.27. The van der Waals surface area contributed by atoms with Gasteiger partial charge in [0.25, 0.3) is 0 Å². The van der Waals surface area contributed by atoms with Crippen LogP contribution < -0.4 is 5.73 Å². The monoisotopic (exact) mass is 112 g/mol. The highest BCUT2D eigenvalue weighted by molar-refractivity contribution is 5.84. The van der Waals surface area contributed by atoms with E-state index in [1.165, 1.54) is 0 Å². The molecule has 0 rings (SSSR count). The highest BCUT2D eigenvalue weighted by atomic mass is 14.7. The first-order valence-corrected chi connectivity index (χ1v) is 2.65. The van der Waals surface area contributed by atoms with Gasteiger partial charge in [0.2, 0.25) is 0 Å². The smallest absolute Gasteiger partial charge is 0.0311 e. The molecular weight excluding hydrogens is 100 g/mol. The molecule has 0 unspecified atom stereocenters. The normalized spacial score (nSPS) is 13.1. The van der Waals surface area contributed by atoms with Gasteiger partial charge in [0.05, 0.1) is 0 Å². The molecule has 0 aliphatic carbocycles. The lowest BCUT2D eigenvalue weighted by Gasteiger charge is -1.86. The van der Waals surface area contributed by atoms with Crippen molar-refractivity contribution in [1.82, 2.24) is 0 Å². The van der Waals surface area contributed by atoms with Crippen molar-refractivity contribution < 1.29 is 0 Å². The zero-order valence-electron chi connectivity index (χ0n) is 5.39. The van der Waals surface area contributed by atoms with Crippen LogP contribution in [0.3, 0.4) is 0 Å². The summed E-state index contributed by atoms with van der Waals surface area (Å²) in [4.78, 5) is 3.97. The second-order valence-electron chi connectivity index (χ2n) is 1.55. The van der Waals surface area contributed by atoms with Crippen LogP contribution in [0.1, 0.15) is 13.8 Å². The SMILES string of the molecule is C/C=C\N=C(C)CN. The molecule has 0 aromatic carbocycles. The molecule has 0 amide bonds. The van der Waals surface area contributed by atoms with E-state index in [0.29, 0.717) is 6.54 Å². The molecule has 2 nitrogen and oxygen atoms in total. The molecule has 46 valence electrons. The zero-order valence-corrected chi connectivity index (χ0v) is 5.39. The van der Waals surface area contributed by atoms with Gasteiger partial charge in [0, 0.05) is 18.5 Å². The van der Waals surface area contributed by atoms with Gasteiger partial charge < -0.3 is 5.73 Å². The van der Waals surface area contributed by atoms with E-state index in [9.17, 15) is 0 Å². The molecule has 0 heterocycles. The summed E-state index contributed by atoms with van der Waals surface area (Å²) < 4.78 is 0. The molecule has 8 heavy (non-hydrogen) atoms. The molecule has 0 saturated carbocycles. The van der Waals surface area contributed by atoms with Crippen LogP contribution in [0, 0.1) is 0 Å². The van der Waals surface area contributed by atoms with E-state index in [2.05, 4.69) is 4.99 Å². The maximum absolute atomic E-state index is 5.25. The van der Waals surface area contributed by atoms with Gasteiger partial charge in [0.15, 0.2) is 0 Å². The predicted molar refractivity (Wildman–Crippen MR) is 37.0 cm³/mol. The molecule has 0 aliphatic rings. The Balaban J connectivity index is 3.57. The van der Waals surface area contributed by atoms with Gasteiger partial charge in [0.1, 0.15) is 0 Å². The second-order valence-corrected chi connectivity index (χ2v) is 1.55. The quantitative estimate of drug-likeness (QED) is 0.530. The summed E-state index contributed by atoms with van der Waals surface area (Å²) in [7, 11) is 0. The number of nitrogens with two attached hydrogens (primary N) is 1. The molecule has 0 spiro atoms. The highest BCUT2D eigenvalue weighted by Gasteiger charge is 1.77. The summed E-state index contributed by atoms with van der Waals surface area (Å²) in [5.74, 6) is 0. The summed E-state index contributed by atoms with van der Waals surface area (Å²) in [6.45, 7) is 4.37. The highest BCUT2D eigenvalue weighted by Crippen LogP contribution is 1.75. The first-order valence-electron chi connectivity index (χ1n) is 2.65. The molecule has 0 atom stereocenters. The van der Waals surface area contributed by atoms with E-state index < -0.39 is 0 Å². The van der Waals surface area contributed by atoms with Crippen LogP contribution in [0.4, 0.5) is 0 Å². The first-order chi connectivity index (χ1) is 3.81. The Labute approximate surface area is 50.1 Å². The summed E-state index contributed by atoms with van der Waals surface area (Å²) in [5.41, 5.74) is 6.21. The lowest BCUT2D eigenvalue weighted by Crippen LogP contribution is -2.08. The average molecular weight is 112 g/mol. The fourth-order valence-corrected chi connectivity index (χ4v) is 0.254. The topological polar surface area (TPSA) is 38.4 Å². The van der Waals surface area contributed by atoms with Crippen LogP contribution in [0.15, 0.2) is 17.3 Å². The standard InChI is InChI=1S/C6H12N2/c1-3-4-8-6(2)5-7/h3-4H,5,7H2,1-2H3/b4-3-,8-6?. The van der Waals surface area contributed by atoms with Crippen LogP contribution >= 0.6 is 0 Å². The molecule has 2 N–H and O–H groups in total. The van der Waals surface area contributed by atoms with Crippen molar-refractivity contribution in [2.45, 2.75) is 13.8 Å². The lowest BCUT2D eigenvalue weighted by atomic mass is 10.4. The molecule has 0 aromatic heterocycles. The van der Waals surface area contributed by atoms with Crippen LogP contribution in [-0.4, -0.2) is 12.3 Å². The molecule has 0 radical (unpaired) electrons. The van der Waals surface area contributed by atoms with Crippen molar-refractivity contribution in [2.75, 3.05) is 6.54 Å². The second kappa shape index (κ2) is 4.53. The fourth-order valence-electron chi connectivity index (χ4n) is 0.254. The number of allylic oxidation sites excluding steroid dienone is 1. The van der Waals surface area contributed by atoms with Gasteiger partial charge in [-0.2, -0.15) is 0 Å². The van der Waals surface area contributed by atoms with Gasteiger partial charge >= 0.3 is 0 Å². The maximum Gasteiger partial charge on any atom is 0.0311 e. The van der Waals surface area contributed by atoms with Gasteiger partial charge in [-0.3, -0.25) is 4.99 Å². The van der Waals surface area contributed by atoms with Crippen molar-refractivity contribution in [1.29, 1.82) is 0 Å². The van der Waals surface area contributed by atoms with E-state index in [0.717, 1.165) is 5.71 Å². The molecule has 2 heteroatoms. The third-order valence-corrected chi connectivity index (χ3v) is 0.739. The summed E-state index contributed by atoms with van der Waals surface area (Å²) in [5, 5.41) is 0. The predicted octanol–water partition coefficient (Wildman–Crippen LogP) is 0.940. The molecule has 0 fully saturated rings. The maximum atomic E-state index is 5.25. The van der Waals surface area contributed by atoms with E-state index in [-0.39, 0.29) is 0 Å². The minimum atomic E-state index is 0.546. The van der Waals surface area contributed by atoms with Crippen LogP contribution in [-0.2, 0) is 0 Å². The summed E-state index contributed by atoms with van der Waals surface area (Å²) >= 11 is 0. The number of hydrogen-bond donors (Lipinski definition) is 1. The number of rotatable bonds is 2. The minimum Gasteiger partial charge on any atom is -0.325 e. The fraction of sp³-hybridized carbons (Fsp3) is 0.500.